The van der Waals surface area contributed by atoms with E-state index in [0.29, 0.717) is 12.1 Å². The first-order chi connectivity index (χ1) is 8.20. The Morgan fingerprint density at radius 3 is 3.00 bits per heavy atom. The Bertz CT molecular complexity index is 325. The number of hydrogen-bond acceptors (Lipinski definition) is 4. The van der Waals surface area contributed by atoms with Gasteiger partial charge < -0.3 is 10.2 Å². The van der Waals surface area contributed by atoms with E-state index in [1.54, 1.807) is 6.26 Å². The molecule has 1 fully saturated rings. The van der Waals surface area contributed by atoms with E-state index in [2.05, 4.69) is 23.8 Å². The van der Waals surface area contributed by atoms with Crippen LogP contribution in [-0.2, 0) is 6.54 Å². The van der Waals surface area contributed by atoms with Crippen molar-refractivity contribution in [3.8, 4) is 0 Å². The molecule has 0 amide bonds. The van der Waals surface area contributed by atoms with Crippen molar-refractivity contribution < 1.29 is 4.42 Å². The quantitative estimate of drug-likeness (QED) is 0.856. The second kappa shape index (κ2) is 5.67. The Hall–Kier alpha value is -0.840. The molecule has 0 saturated carbocycles. The van der Waals surface area contributed by atoms with E-state index in [1.807, 2.05) is 12.1 Å². The number of likely N-dealkylation sites (N-methyl/N-ethyl adjacent to an activating group) is 1. The van der Waals surface area contributed by atoms with Gasteiger partial charge in [0.2, 0.25) is 0 Å². The van der Waals surface area contributed by atoms with Gasteiger partial charge in [0.05, 0.1) is 12.8 Å². The van der Waals surface area contributed by atoms with Crippen LogP contribution in [0.5, 0.6) is 0 Å². The molecular weight excluding hydrogens is 214 g/mol. The van der Waals surface area contributed by atoms with Crippen LogP contribution in [0.1, 0.15) is 19.1 Å². The average Bonchev–Trinajstić information content (AvgIpc) is 2.79. The van der Waals surface area contributed by atoms with E-state index in [4.69, 9.17) is 10.2 Å². The predicted octanol–water partition coefficient (Wildman–Crippen LogP) is 1.13. The molecule has 1 saturated heterocycles. The average molecular weight is 237 g/mol. The van der Waals surface area contributed by atoms with Crippen molar-refractivity contribution in [2.24, 2.45) is 5.73 Å². The molecule has 1 aromatic heterocycles. The minimum Gasteiger partial charge on any atom is -0.468 e. The Labute approximate surface area is 103 Å². The first-order valence-corrected chi connectivity index (χ1v) is 6.37. The maximum atomic E-state index is 5.87. The zero-order chi connectivity index (χ0) is 12.3. The molecule has 17 heavy (non-hydrogen) atoms. The maximum absolute atomic E-state index is 5.87. The van der Waals surface area contributed by atoms with Crippen LogP contribution in [0.4, 0.5) is 0 Å². The van der Waals surface area contributed by atoms with Crippen molar-refractivity contribution in [3.05, 3.63) is 24.2 Å². The second-order valence-corrected chi connectivity index (χ2v) is 5.01. The lowest BCUT2D eigenvalue weighted by Gasteiger charge is -2.30. The fourth-order valence-electron chi connectivity index (χ4n) is 2.46. The Morgan fingerprint density at radius 1 is 1.53 bits per heavy atom. The zero-order valence-electron chi connectivity index (χ0n) is 10.8. The normalized spacial score (nSPS) is 28.2. The summed E-state index contributed by atoms with van der Waals surface area (Å²) in [7, 11) is 2.18. The Kier molecular flexibility index (Phi) is 4.20. The van der Waals surface area contributed by atoms with Crippen LogP contribution < -0.4 is 5.73 Å². The summed E-state index contributed by atoms with van der Waals surface area (Å²) < 4.78 is 5.41. The van der Waals surface area contributed by atoms with E-state index in [0.717, 1.165) is 31.9 Å². The van der Waals surface area contributed by atoms with Crippen LogP contribution in [0, 0.1) is 0 Å². The molecule has 1 aliphatic rings. The highest BCUT2D eigenvalue weighted by atomic mass is 16.3. The van der Waals surface area contributed by atoms with Crippen LogP contribution in [0.15, 0.2) is 22.8 Å². The number of hydrogen-bond donors (Lipinski definition) is 1. The number of rotatable bonds is 3. The highest BCUT2D eigenvalue weighted by Crippen LogP contribution is 2.16. The molecule has 0 radical (unpaired) electrons. The second-order valence-electron chi connectivity index (χ2n) is 5.01. The lowest BCUT2D eigenvalue weighted by molar-refractivity contribution is 0.174. The largest absolute Gasteiger partial charge is 0.468 e. The third-order valence-electron chi connectivity index (χ3n) is 3.83. The van der Waals surface area contributed by atoms with Crippen LogP contribution in [-0.4, -0.2) is 48.6 Å². The van der Waals surface area contributed by atoms with Gasteiger partial charge in [-0.25, -0.2) is 0 Å². The van der Waals surface area contributed by atoms with Crippen LogP contribution in [0.3, 0.4) is 0 Å². The summed E-state index contributed by atoms with van der Waals surface area (Å²) in [6, 6.07) is 5.03. The lowest BCUT2D eigenvalue weighted by Crippen LogP contribution is -2.46. The first-order valence-electron chi connectivity index (χ1n) is 6.37. The summed E-state index contributed by atoms with van der Waals surface area (Å²) >= 11 is 0. The summed E-state index contributed by atoms with van der Waals surface area (Å²) in [5, 5.41) is 0. The van der Waals surface area contributed by atoms with Crippen molar-refractivity contribution in [2.75, 3.05) is 26.7 Å². The Balaban J connectivity index is 1.99. The van der Waals surface area contributed by atoms with E-state index >= 15 is 0 Å². The molecule has 2 rings (SSSR count). The number of nitrogens with zero attached hydrogens (tertiary/aromatic N) is 2. The molecule has 0 aliphatic carbocycles. The standard InChI is InChI=1S/C13H23N3O/c1-11-5-6-16(9-12(8-14)15(11)2)10-13-4-3-7-17-13/h3-4,7,11-12H,5-6,8-10,14H2,1-2H3. The van der Waals surface area contributed by atoms with Gasteiger partial charge in [-0.05, 0) is 32.5 Å². The summed E-state index contributed by atoms with van der Waals surface area (Å²) in [6.07, 6.45) is 2.93. The minimum absolute atomic E-state index is 0.447. The van der Waals surface area contributed by atoms with E-state index < -0.39 is 0 Å². The highest BCUT2D eigenvalue weighted by Gasteiger charge is 2.25. The van der Waals surface area contributed by atoms with Crippen LogP contribution >= 0.6 is 0 Å². The molecule has 2 unspecified atom stereocenters. The fourth-order valence-corrected chi connectivity index (χ4v) is 2.46. The zero-order valence-corrected chi connectivity index (χ0v) is 10.8. The van der Waals surface area contributed by atoms with Crippen LogP contribution in [0.2, 0.25) is 0 Å². The summed E-state index contributed by atoms with van der Waals surface area (Å²) in [4.78, 5) is 4.85. The molecule has 0 aromatic carbocycles. The SMILES string of the molecule is CC1CCN(Cc2ccco2)CC(CN)N1C. The minimum atomic E-state index is 0.447. The summed E-state index contributed by atoms with van der Waals surface area (Å²) in [5.41, 5.74) is 5.87. The first kappa shape index (κ1) is 12.6. The number of nitrogens with two attached hydrogens (primary N) is 1. The molecule has 2 N–H and O–H groups in total. The molecule has 1 aromatic rings. The molecule has 0 bridgehead atoms. The van der Waals surface area contributed by atoms with Gasteiger partial charge in [-0.3, -0.25) is 9.80 Å². The topological polar surface area (TPSA) is 45.6 Å². The maximum Gasteiger partial charge on any atom is 0.117 e. The van der Waals surface area contributed by atoms with Crippen molar-refractivity contribution in [3.63, 3.8) is 0 Å². The van der Waals surface area contributed by atoms with Gasteiger partial charge in [0.25, 0.3) is 0 Å². The van der Waals surface area contributed by atoms with Crippen LogP contribution in [0.25, 0.3) is 0 Å². The monoisotopic (exact) mass is 237 g/mol. The van der Waals surface area contributed by atoms with Gasteiger partial charge in [-0.15, -0.1) is 0 Å². The van der Waals surface area contributed by atoms with Gasteiger partial charge in [-0.1, -0.05) is 0 Å². The van der Waals surface area contributed by atoms with Gasteiger partial charge in [0.1, 0.15) is 5.76 Å². The van der Waals surface area contributed by atoms with Crippen molar-refractivity contribution >= 4 is 0 Å². The highest BCUT2D eigenvalue weighted by molar-refractivity contribution is 4.98. The fraction of sp³-hybridized carbons (Fsp3) is 0.692. The molecule has 0 spiro atoms. The third-order valence-corrected chi connectivity index (χ3v) is 3.83. The van der Waals surface area contributed by atoms with Gasteiger partial charge in [-0.2, -0.15) is 0 Å². The lowest BCUT2D eigenvalue weighted by atomic mass is 10.2. The molecule has 1 aliphatic heterocycles. The molecule has 4 nitrogen and oxygen atoms in total. The number of furan rings is 1. The smallest absolute Gasteiger partial charge is 0.117 e. The molecule has 2 atom stereocenters. The molecule has 2 heterocycles. The molecule has 96 valence electrons. The van der Waals surface area contributed by atoms with Gasteiger partial charge >= 0.3 is 0 Å². The van der Waals surface area contributed by atoms with E-state index in [1.165, 1.54) is 6.42 Å². The third kappa shape index (κ3) is 3.09. The van der Waals surface area contributed by atoms with Gasteiger partial charge in [0.15, 0.2) is 0 Å². The molecule has 4 heteroatoms. The van der Waals surface area contributed by atoms with E-state index in [9.17, 15) is 0 Å². The van der Waals surface area contributed by atoms with Crippen molar-refractivity contribution in [1.29, 1.82) is 0 Å². The van der Waals surface area contributed by atoms with Gasteiger partial charge in [0, 0.05) is 31.7 Å². The van der Waals surface area contributed by atoms with E-state index in [-0.39, 0.29) is 0 Å². The predicted molar refractivity (Wildman–Crippen MR) is 68.7 cm³/mol. The van der Waals surface area contributed by atoms with Crippen molar-refractivity contribution in [1.82, 2.24) is 9.80 Å². The Morgan fingerprint density at radius 2 is 2.35 bits per heavy atom. The summed E-state index contributed by atoms with van der Waals surface area (Å²) in [5.74, 6) is 1.04. The summed E-state index contributed by atoms with van der Waals surface area (Å²) in [6.45, 7) is 6.03. The van der Waals surface area contributed by atoms with Crippen molar-refractivity contribution in [2.45, 2.75) is 32.0 Å². The molecular formula is C13H23N3O.